The van der Waals surface area contributed by atoms with E-state index in [9.17, 15) is 18.0 Å². The molecule has 0 radical (unpaired) electrons. The first-order chi connectivity index (χ1) is 12.6. The van der Waals surface area contributed by atoms with Gasteiger partial charge in [0.2, 0.25) is 5.91 Å². The first-order valence-electron chi connectivity index (χ1n) is 8.12. The molecule has 2 aromatic rings. The van der Waals surface area contributed by atoms with E-state index in [1.54, 1.807) is 26.0 Å². The van der Waals surface area contributed by atoms with Crippen LogP contribution in [0.5, 0.6) is 5.75 Å². The van der Waals surface area contributed by atoms with Crippen LogP contribution < -0.4 is 10.1 Å². The molecule has 0 unspecified atom stereocenters. The summed E-state index contributed by atoms with van der Waals surface area (Å²) < 4.78 is 43.6. The van der Waals surface area contributed by atoms with Crippen molar-refractivity contribution in [3.8, 4) is 5.75 Å². The first kappa shape index (κ1) is 21.1. The Morgan fingerprint density at radius 3 is 2.41 bits per heavy atom. The van der Waals surface area contributed by atoms with Crippen molar-refractivity contribution in [2.24, 2.45) is 0 Å². The lowest BCUT2D eigenvalue weighted by Gasteiger charge is -2.24. The summed E-state index contributed by atoms with van der Waals surface area (Å²) in [6, 6.07) is 9.62. The van der Waals surface area contributed by atoms with Crippen LogP contribution in [0.3, 0.4) is 0 Å². The molecule has 0 spiro atoms. The molecule has 2 rings (SSSR count). The Morgan fingerprint density at radius 2 is 1.85 bits per heavy atom. The van der Waals surface area contributed by atoms with Gasteiger partial charge in [0, 0.05) is 6.54 Å². The third kappa shape index (κ3) is 5.61. The minimum absolute atomic E-state index is 0.0429. The van der Waals surface area contributed by atoms with Gasteiger partial charge < -0.3 is 10.1 Å². The maximum atomic E-state index is 12.8. The smallest absolute Gasteiger partial charge is 0.416 e. The van der Waals surface area contributed by atoms with E-state index in [2.05, 4.69) is 5.32 Å². The van der Waals surface area contributed by atoms with Gasteiger partial charge in [0.15, 0.2) is 0 Å². The van der Waals surface area contributed by atoms with E-state index in [0.29, 0.717) is 6.54 Å². The molecule has 27 heavy (non-hydrogen) atoms. The normalized spacial score (nSPS) is 12.7. The number of hydrogen-bond acceptors (Lipinski definition) is 3. The van der Waals surface area contributed by atoms with E-state index >= 15 is 0 Å². The monoisotopic (exact) mass is 400 g/mol. The Labute approximate surface area is 160 Å². The highest BCUT2D eigenvalue weighted by Crippen LogP contribution is 2.33. The van der Waals surface area contributed by atoms with Crippen LogP contribution in [-0.2, 0) is 17.5 Å². The number of rotatable bonds is 6. The van der Waals surface area contributed by atoms with Gasteiger partial charge in [-0.15, -0.1) is 0 Å². The molecule has 0 heterocycles. The van der Waals surface area contributed by atoms with Gasteiger partial charge in [-0.3, -0.25) is 9.69 Å². The topological polar surface area (TPSA) is 41.6 Å². The summed E-state index contributed by atoms with van der Waals surface area (Å²) >= 11 is 5.93. The number of halogens is 4. The van der Waals surface area contributed by atoms with E-state index in [1.165, 1.54) is 0 Å². The summed E-state index contributed by atoms with van der Waals surface area (Å²) in [5.41, 5.74) is 0.0256. The van der Waals surface area contributed by atoms with Crippen LogP contribution in [0.4, 0.5) is 18.9 Å². The number of methoxy groups -OCH3 is 1. The molecule has 0 saturated heterocycles. The van der Waals surface area contributed by atoms with E-state index in [4.69, 9.17) is 16.3 Å². The zero-order valence-electron chi connectivity index (χ0n) is 15.1. The van der Waals surface area contributed by atoms with Crippen LogP contribution in [0.2, 0.25) is 5.02 Å². The van der Waals surface area contributed by atoms with Gasteiger partial charge in [-0.2, -0.15) is 13.2 Å². The number of hydrogen-bond donors (Lipinski definition) is 1. The zero-order valence-corrected chi connectivity index (χ0v) is 15.9. The third-order valence-electron chi connectivity index (χ3n) is 4.18. The number of nitrogens with zero attached hydrogens (tertiary/aromatic N) is 1. The molecule has 4 nitrogen and oxygen atoms in total. The number of anilines is 1. The molecule has 0 aromatic heterocycles. The Hall–Kier alpha value is -2.25. The number of carbonyl (C=O) groups excluding carboxylic acids is 1. The number of likely N-dealkylation sites (N-methyl/N-ethyl adjacent to an activating group) is 1. The van der Waals surface area contributed by atoms with Gasteiger partial charge >= 0.3 is 6.18 Å². The molecule has 0 saturated carbocycles. The summed E-state index contributed by atoms with van der Waals surface area (Å²) in [5, 5.41) is 2.52. The van der Waals surface area contributed by atoms with Crippen molar-refractivity contribution in [1.29, 1.82) is 0 Å². The minimum Gasteiger partial charge on any atom is -0.497 e. The molecule has 1 amide bonds. The minimum atomic E-state index is -4.51. The lowest BCUT2D eigenvalue weighted by molar-refractivity contribution is -0.137. The predicted molar refractivity (Wildman–Crippen MR) is 99.0 cm³/mol. The fourth-order valence-electron chi connectivity index (χ4n) is 2.39. The van der Waals surface area contributed by atoms with Crippen molar-refractivity contribution < 1.29 is 22.7 Å². The molecule has 8 heteroatoms. The van der Waals surface area contributed by atoms with Crippen LogP contribution >= 0.6 is 11.6 Å². The maximum absolute atomic E-state index is 12.8. The highest BCUT2D eigenvalue weighted by atomic mass is 35.5. The molecule has 0 bridgehead atoms. The van der Waals surface area contributed by atoms with E-state index in [-0.39, 0.29) is 10.7 Å². The number of amides is 1. The number of ether oxygens (including phenoxy) is 1. The van der Waals surface area contributed by atoms with Crippen LogP contribution in [-0.4, -0.2) is 31.0 Å². The molecule has 146 valence electrons. The fraction of sp³-hybridized carbons (Fsp3) is 0.316. The average Bonchev–Trinajstić information content (AvgIpc) is 2.62. The molecule has 0 aliphatic heterocycles. The number of alkyl halides is 3. The molecule has 0 fully saturated rings. The van der Waals surface area contributed by atoms with Crippen LogP contribution in [0, 0.1) is 0 Å². The fourth-order valence-corrected chi connectivity index (χ4v) is 2.56. The number of nitrogens with one attached hydrogen (secondary N) is 1. The van der Waals surface area contributed by atoms with Gasteiger partial charge in [-0.25, -0.2) is 0 Å². The van der Waals surface area contributed by atoms with Crippen molar-refractivity contribution in [2.75, 3.05) is 19.5 Å². The SMILES string of the molecule is COc1ccc(CN(C)[C@@H](C)C(=O)Nc2cc(C(F)(F)F)ccc2Cl)cc1. The second-order valence-electron chi connectivity index (χ2n) is 6.12. The Morgan fingerprint density at radius 1 is 1.22 bits per heavy atom. The highest BCUT2D eigenvalue weighted by Gasteiger charge is 2.31. The van der Waals surface area contributed by atoms with Gasteiger partial charge in [0.05, 0.1) is 29.4 Å². The van der Waals surface area contributed by atoms with Crippen molar-refractivity contribution in [3.63, 3.8) is 0 Å². The van der Waals surface area contributed by atoms with Gasteiger partial charge in [-0.1, -0.05) is 23.7 Å². The second kappa shape index (κ2) is 8.63. The van der Waals surface area contributed by atoms with Crippen LogP contribution in [0.15, 0.2) is 42.5 Å². The summed E-state index contributed by atoms with van der Waals surface area (Å²) in [7, 11) is 3.33. The Balaban J connectivity index is 2.06. The standard InChI is InChI=1S/C19H20ClF3N2O2/c1-12(25(2)11-13-4-7-15(27-3)8-5-13)18(26)24-17-10-14(19(21,22)23)6-9-16(17)20/h4-10,12H,11H2,1-3H3,(H,24,26)/t12-/m0/s1. The van der Waals surface area contributed by atoms with E-state index in [1.807, 2.05) is 24.3 Å². The summed E-state index contributed by atoms with van der Waals surface area (Å²) in [6.07, 6.45) is -4.51. The molecule has 1 N–H and O–H groups in total. The third-order valence-corrected chi connectivity index (χ3v) is 4.51. The Bertz CT molecular complexity index is 795. The van der Waals surface area contributed by atoms with Gasteiger partial charge in [-0.05, 0) is 49.9 Å². The molecule has 2 aromatic carbocycles. The predicted octanol–water partition coefficient (Wildman–Crippen LogP) is 4.83. The Kier molecular flexibility index (Phi) is 6.73. The molecule has 0 aliphatic rings. The average molecular weight is 401 g/mol. The van der Waals surface area contributed by atoms with Crippen molar-refractivity contribution in [3.05, 3.63) is 58.6 Å². The van der Waals surface area contributed by atoms with Gasteiger partial charge in [0.25, 0.3) is 0 Å². The largest absolute Gasteiger partial charge is 0.497 e. The summed E-state index contributed by atoms with van der Waals surface area (Å²) in [6.45, 7) is 2.15. The second-order valence-corrected chi connectivity index (χ2v) is 6.53. The summed E-state index contributed by atoms with van der Waals surface area (Å²) in [5.74, 6) is 0.276. The first-order valence-corrected chi connectivity index (χ1v) is 8.50. The lowest BCUT2D eigenvalue weighted by atomic mass is 10.1. The summed E-state index contributed by atoms with van der Waals surface area (Å²) in [4.78, 5) is 14.2. The van der Waals surface area contributed by atoms with E-state index in [0.717, 1.165) is 29.5 Å². The number of benzene rings is 2. The number of carbonyl (C=O) groups is 1. The maximum Gasteiger partial charge on any atom is 0.416 e. The zero-order chi connectivity index (χ0) is 20.2. The van der Waals surface area contributed by atoms with E-state index < -0.39 is 23.7 Å². The molecular weight excluding hydrogens is 381 g/mol. The van der Waals surface area contributed by atoms with Crippen molar-refractivity contribution in [1.82, 2.24) is 4.90 Å². The van der Waals surface area contributed by atoms with Crippen LogP contribution in [0.25, 0.3) is 0 Å². The van der Waals surface area contributed by atoms with Gasteiger partial charge in [0.1, 0.15) is 5.75 Å². The molecule has 1 atom stereocenters. The van der Waals surface area contributed by atoms with Crippen LogP contribution in [0.1, 0.15) is 18.1 Å². The lowest BCUT2D eigenvalue weighted by Crippen LogP contribution is -2.39. The molecular formula is C19H20ClF3N2O2. The highest BCUT2D eigenvalue weighted by molar-refractivity contribution is 6.33. The van der Waals surface area contributed by atoms with Crippen molar-refractivity contribution >= 4 is 23.2 Å². The quantitative estimate of drug-likeness (QED) is 0.755. The van der Waals surface area contributed by atoms with Crippen molar-refractivity contribution in [2.45, 2.75) is 25.7 Å². The molecule has 0 aliphatic carbocycles.